The molecule has 2 heterocycles. The van der Waals surface area contributed by atoms with E-state index in [-0.39, 0.29) is 12.1 Å². The Morgan fingerprint density at radius 3 is 1.73 bits per heavy atom. The van der Waals surface area contributed by atoms with Crippen molar-refractivity contribution in [1.29, 1.82) is 0 Å². The van der Waals surface area contributed by atoms with Gasteiger partial charge >= 0.3 is 0 Å². The third-order valence-electron chi connectivity index (χ3n) is 3.96. The zero-order chi connectivity index (χ0) is 15.4. The molecule has 0 bridgehead atoms. The molecular weight excluding hydrogens is 276 g/mol. The van der Waals surface area contributed by atoms with E-state index in [1.165, 1.54) is 12.8 Å². The van der Waals surface area contributed by atoms with Gasteiger partial charge in [0, 0.05) is 38.9 Å². The molecule has 2 aromatic rings. The highest BCUT2D eigenvalue weighted by molar-refractivity contribution is 5.77. The van der Waals surface area contributed by atoms with Crippen LogP contribution in [0.2, 0.25) is 0 Å². The standard InChI is InChI=1S/C16H22N6/c1-21-9-7-13(19-21)11-17-15-5-3-4-6-16(15)18-12-14-8-10-22(2)20-14/h7-12,15-16H,3-6H2,1-2H3. The van der Waals surface area contributed by atoms with Crippen molar-refractivity contribution in [3.8, 4) is 0 Å². The highest BCUT2D eigenvalue weighted by Crippen LogP contribution is 2.23. The van der Waals surface area contributed by atoms with Crippen molar-refractivity contribution in [2.75, 3.05) is 0 Å². The Kier molecular flexibility index (Phi) is 4.46. The molecule has 0 aromatic carbocycles. The molecule has 2 aromatic heterocycles. The van der Waals surface area contributed by atoms with E-state index in [4.69, 9.17) is 9.98 Å². The van der Waals surface area contributed by atoms with Gasteiger partial charge < -0.3 is 0 Å². The first-order valence-corrected chi connectivity index (χ1v) is 7.76. The van der Waals surface area contributed by atoms with Gasteiger partial charge in [0.25, 0.3) is 0 Å². The quantitative estimate of drug-likeness (QED) is 0.811. The fourth-order valence-corrected chi connectivity index (χ4v) is 2.79. The Labute approximate surface area is 130 Å². The number of aromatic nitrogens is 4. The van der Waals surface area contributed by atoms with E-state index in [1.54, 1.807) is 9.36 Å². The molecule has 0 amide bonds. The van der Waals surface area contributed by atoms with Crippen LogP contribution >= 0.6 is 0 Å². The normalized spacial score (nSPS) is 22.8. The summed E-state index contributed by atoms with van der Waals surface area (Å²) >= 11 is 0. The molecule has 6 heteroatoms. The molecule has 1 saturated carbocycles. The summed E-state index contributed by atoms with van der Waals surface area (Å²) in [5, 5.41) is 8.67. The summed E-state index contributed by atoms with van der Waals surface area (Å²) in [6, 6.07) is 4.43. The van der Waals surface area contributed by atoms with Crippen LogP contribution in [0.25, 0.3) is 0 Å². The van der Waals surface area contributed by atoms with Crippen molar-refractivity contribution in [2.24, 2.45) is 24.1 Å². The summed E-state index contributed by atoms with van der Waals surface area (Å²) in [7, 11) is 3.83. The van der Waals surface area contributed by atoms with Gasteiger partial charge in [0.2, 0.25) is 0 Å². The molecule has 2 unspecified atom stereocenters. The van der Waals surface area contributed by atoms with Crippen LogP contribution < -0.4 is 0 Å². The number of aryl methyl sites for hydroxylation is 2. The monoisotopic (exact) mass is 298 g/mol. The molecular formula is C16H22N6. The molecule has 1 fully saturated rings. The lowest BCUT2D eigenvalue weighted by molar-refractivity contribution is 0.390. The van der Waals surface area contributed by atoms with E-state index in [9.17, 15) is 0 Å². The molecule has 2 atom stereocenters. The summed E-state index contributed by atoms with van der Waals surface area (Å²) in [6.07, 6.45) is 12.2. The largest absolute Gasteiger partial charge is 0.285 e. The highest BCUT2D eigenvalue weighted by atomic mass is 15.3. The second-order valence-corrected chi connectivity index (χ2v) is 5.80. The van der Waals surface area contributed by atoms with Crippen molar-refractivity contribution in [1.82, 2.24) is 19.6 Å². The van der Waals surface area contributed by atoms with E-state index in [0.29, 0.717) is 0 Å². The van der Waals surface area contributed by atoms with E-state index in [0.717, 1.165) is 24.2 Å². The first-order chi connectivity index (χ1) is 10.7. The molecule has 22 heavy (non-hydrogen) atoms. The molecule has 0 saturated heterocycles. The summed E-state index contributed by atoms with van der Waals surface area (Å²) in [4.78, 5) is 9.45. The zero-order valence-electron chi connectivity index (χ0n) is 13.1. The topological polar surface area (TPSA) is 60.4 Å². The Morgan fingerprint density at radius 2 is 1.36 bits per heavy atom. The zero-order valence-corrected chi connectivity index (χ0v) is 13.1. The number of rotatable bonds is 4. The first kappa shape index (κ1) is 14.7. The average Bonchev–Trinajstić information content (AvgIpc) is 3.12. The smallest absolute Gasteiger partial charge is 0.103 e. The molecule has 1 aliphatic carbocycles. The molecule has 1 aliphatic rings. The molecule has 3 rings (SSSR count). The van der Waals surface area contributed by atoms with Crippen LogP contribution in [0.1, 0.15) is 37.1 Å². The van der Waals surface area contributed by atoms with Gasteiger partial charge in [0.15, 0.2) is 0 Å². The fourth-order valence-electron chi connectivity index (χ4n) is 2.79. The number of nitrogens with zero attached hydrogens (tertiary/aromatic N) is 6. The Balaban J connectivity index is 1.68. The maximum Gasteiger partial charge on any atom is 0.103 e. The maximum absolute atomic E-state index is 4.73. The minimum atomic E-state index is 0.246. The van der Waals surface area contributed by atoms with E-state index in [2.05, 4.69) is 10.2 Å². The maximum atomic E-state index is 4.73. The van der Waals surface area contributed by atoms with E-state index in [1.807, 2.05) is 51.1 Å². The van der Waals surface area contributed by atoms with Crippen LogP contribution in [-0.4, -0.2) is 44.1 Å². The molecule has 116 valence electrons. The van der Waals surface area contributed by atoms with E-state index >= 15 is 0 Å². The lowest BCUT2D eigenvalue weighted by Gasteiger charge is -2.25. The van der Waals surface area contributed by atoms with Crippen molar-refractivity contribution in [3.05, 3.63) is 35.9 Å². The lowest BCUT2D eigenvalue weighted by Crippen LogP contribution is -2.27. The molecule has 0 aliphatic heterocycles. The SMILES string of the molecule is Cn1ccc(C=NC2CCCCC2N=Cc2ccn(C)n2)n1. The predicted molar refractivity (Wildman–Crippen MR) is 87.6 cm³/mol. The van der Waals surface area contributed by atoms with Crippen molar-refractivity contribution < 1.29 is 0 Å². The van der Waals surface area contributed by atoms with Crippen LogP contribution in [0.4, 0.5) is 0 Å². The minimum Gasteiger partial charge on any atom is -0.285 e. The lowest BCUT2D eigenvalue weighted by atomic mass is 9.91. The van der Waals surface area contributed by atoms with Gasteiger partial charge in [-0.3, -0.25) is 19.3 Å². The van der Waals surface area contributed by atoms with Gasteiger partial charge in [-0.05, 0) is 25.0 Å². The number of hydrogen-bond acceptors (Lipinski definition) is 4. The van der Waals surface area contributed by atoms with Crippen LogP contribution in [0.5, 0.6) is 0 Å². The van der Waals surface area contributed by atoms with Gasteiger partial charge in [-0.1, -0.05) is 12.8 Å². The number of hydrogen-bond donors (Lipinski definition) is 0. The second-order valence-electron chi connectivity index (χ2n) is 5.80. The predicted octanol–water partition coefficient (Wildman–Crippen LogP) is 2.00. The molecule has 0 N–H and O–H groups in total. The molecule has 6 nitrogen and oxygen atoms in total. The van der Waals surface area contributed by atoms with Gasteiger partial charge in [-0.15, -0.1) is 0 Å². The minimum absolute atomic E-state index is 0.246. The summed E-state index contributed by atoms with van der Waals surface area (Å²) in [5.41, 5.74) is 1.81. The van der Waals surface area contributed by atoms with Crippen molar-refractivity contribution >= 4 is 12.4 Å². The number of aliphatic imine (C=N–C) groups is 2. The van der Waals surface area contributed by atoms with Crippen LogP contribution in [0.3, 0.4) is 0 Å². The van der Waals surface area contributed by atoms with Crippen molar-refractivity contribution in [2.45, 2.75) is 37.8 Å². The Bertz CT molecular complexity index is 607. The Hall–Kier alpha value is -2.24. The summed E-state index contributed by atoms with van der Waals surface area (Å²) in [5.74, 6) is 0. The fraction of sp³-hybridized carbons (Fsp3) is 0.500. The third kappa shape index (κ3) is 3.69. The molecule has 0 spiro atoms. The van der Waals surface area contributed by atoms with Crippen LogP contribution in [-0.2, 0) is 14.1 Å². The van der Waals surface area contributed by atoms with Crippen LogP contribution in [0.15, 0.2) is 34.5 Å². The van der Waals surface area contributed by atoms with Gasteiger partial charge in [0.1, 0.15) is 11.4 Å². The average molecular weight is 298 g/mol. The highest BCUT2D eigenvalue weighted by Gasteiger charge is 2.23. The summed E-state index contributed by atoms with van der Waals surface area (Å²) in [6.45, 7) is 0. The van der Waals surface area contributed by atoms with Gasteiger partial charge in [0.05, 0.1) is 12.1 Å². The second kappa shape index (κ2) is 6.68. The van der Waals surface area contributed by atoms with Gasteiger partial charge in [-0.25, -0.2) is 0 Å². The Morgan fingerprint density at radius 1 is 0.909 bits per heavy atom. The van der Waals surface area contributed by atoms with Crippen LogP contribution in [0, 0.1) is 0 Å². The summed E-state index contributed by atoms with van der Waals surface area (Å²) < 4.78 is 3.58. The van der Waals surface area contributed by atoms with Gasteiger partial charge in [-0.2, -0.15) is 10.2 Å². The van der Waals surface area contributed by atoms with Crippen molar-refractivity contribution in [3.63, 3.8) is 0 Å². The third-order valence-corrected chi connectivity index (χ3v) is 3.96. The van der Waals surface area contributed by atoms with E-state index < -0.39 is 0 Å². The molecule has 0 radical (unpaired) electrons. The first-order valence-electron chi connectivity index (χ1n) is 7.76.